The zero-order valence-electron chi connectivity index (χ0n) is 8.00. The fraction of sp³-hybridized carbons (Fsp3) is 0.333. The Labute approximate surface area is 91.0 Å². The second-order valence-electron chi connectivity index (χ2n) is 2.62. The highest BCUT2D eigenvalue weighted by molar-refractivity contribution is 6.32. The van der Waals surface area contributed by atoms with E-state index < -0.39 is 11.8 Å². The van der Waals surface area contributed by atoms with E-state index in [1.165, 1.54) is 7.11 Å². The molecule has 0 N–H and O–H groups in total. The molecule has 4 nitrogen and oxygen atoms in total. The van der Waals surface area contributed by atoms with Gasteiger partial charge in [0.25, 0.3) is 0 Å². The maximum Gasteiger partial charge on any atom is 0.341 e. The minimum atomic E-state index is -0.718. The molecule has 15 heavy (non-hydrogen) atoms. The first-order valence-corrected chi connectivity index (χ1v) is 4.50. The van der Waals surface area contributed by atoms with Crippen LogP contribution >= 0.6 is 11.6 Å². The highest BCUT2D eigenvalue weighted by atomic mass is 35.5. The van der Waals surface area contributed by atoms with Gasteiger partial charge in [0.05, 0.1) is 18.4 Å². The summed E-state index contributed by atoms with van der Waals surface area (Å²) in [7, 11) is 1.48. The molecule has 0 aliphatic heterocycles. The third-order valence-corrected chi connectivity index (χ3v) is 1.85. The topological polar surface area (TPSA) is 48.4 Å². The van der Waals surface area contributed by atoms with Crippen LogP contribution in [-0.4, -0.2) is 31.3 Å². The summed E-state index contributed by atoms with van der Waals surface area (Å²) < 4.78 is 22.2. The smallest absolute Gasteiger partial charge is 0.341 e. The van der Waals surface area contributed by atoms with Gasteiger partial charge in [-0.2, -0.15) is 0 Å². The predicted molar refractivity (Wildman–Crippen MR) is 51.4 cm³/mol. The van der Waals surface area contributed by atoms with Gasteiger partial charge in [0.1, 0.15) is 17.6 Å². The minimum absolute atomic E-state index is 0.0844. The van der Waals surface area contributed by atoms with Gasteiger partial charge < -0.3 is 9.47 Å². The first-order valence-electron chi connectivity index (χ1n) is 4.12. The Bertz CT molecular complexity index is 359. The third-order valence-electron chi connectivity index (χ3n) is 1.55. The van der Waals surface area contributed by atoms with Gasteiger partial charge in [0.2, 0.25) is 0 Å². The average molecular weight is 234 g/mol. The molecule has 1 rings (SSSR count). The second kappa shape index (κ2) is 5.63. The monoisotopic (exact) mass is 233 g/mol. The van der Waals surface area contributed by atoms with Gasteiger partial charge in [0.15, 0.2) is 0 Å². The SMILES string of the molecule is COCCOC(=O)c1cc(F)cnc1Cl. The largest absolute Gasteiger partial charge is 0.460 e. The van der Waals surface area contributed by atoms with E-state index in [4.69, 9.17) is 16.3 Å². The van der Waals surface area contributed by atoms with Gasteiger partial charge in [-0.1, -0.05) is 11.6 Å². The Morgan fingerprint density at radius 2 is 2.33 bits per heavy atom. The van der Waals surface area contributed by atoms with E-state index in [0.717, 1.165) is 12.3 Å². The van der Waals surface area contributed by atoms with Crippen LogP contribution in [-0.2, 0) is 9.47 Å². The first-order chi connectivity index (χ1) is 7.15. The highest BCUT2D eigenvalue weighted by Gasteiger charge is 2.13. The van der Waals surface area contributed by atoms with Crippen molar-refractivity contribution in [2.45, 2.75) is 0 Å². The molecule has 0 aromatic carbocycles. The Kier molecular flexibility index (Phi) is 4.45. The maximum atomic E-state index is 12.7. The Morgan fingerprint density at radius 3 is 3.00 bits per heavy atom. The van der Waals surface area contributed by atoms with Gasteiger partial charge in [-0.3, -0.25) is 0 Å². The van der Waals surface area contributed by atoms with Crippen LogP contribution in [0.3, 0.4) is 0 Å². The van der Waals surface area contributed by atoms with E-state index in [1.54, 1.807) is 0 Å². The summed E-state index contributed by atoms with van der Waals surface area (Å²) in [6.45, 7) is 0.355. The number of methoxy groups -OCH3 is 1. The maximum absolute atomic E-state index is 12.7. The number of pyridine rings is 1. The highest BCUT2D eigenvalue weighted by Crippen LogP contribution is 2.14. The number of aromatic nitrogens is 1. The number of rotatable bonds is 4. The van der Waals surface area contributed by atoms with E-state index in [2.05, 4.69) is 9.72 Å². The van der Waals surface area contributed by atoms with Gasteiger partial charge >= 0.3 is 5.97 Å². The van der Waals surface area contributed by atoms with Crippen molar-refractivity contribution < 1.29 is 18.7 Å². The molecular formula is C9H9ClFNO3. The van der Waals surface area contributed by atoms with Crippen molar-refractivity contribution in [1.29, 1.82) is 0 Å². The van der Waals surface area contributed by atoms with Crippen LogP contribution in [0, 0.1) is 5.82 Å². The van der Waals surface area contributed by atoms with E-state index in [1.807, 2.05) is 0 Å². The number of hydrogen-bond donors (Lipinski definition) is 0. The fourth-order valence-electron chi connectivity index (χ4n) is 0.861. The number of nitrogens with zero attached hydrogens (tertiary/aromatic N) is 1. The molecule has 0 aliphatic carbocycles. The van der Waals surface area contributed by atoms with Crippen LogP contribution < -0.4 is 0 Å². The molecule has 0 aliphatic rings. The lowest BCUT2D eigenvalue weighted by atomic mass is 10.3. The van der Waals surface area contributed by atoms with E-state index >= 15 is 0 Å². The molecule has 1 aromatic heterocycles. The summed E-state index contributed by atoms with van der Waals surface area (Å²) in [5, 5.41) is -0.0844. The van der Waals surface area contributed by atoms with Crippen LogP contribution in [0.15, 0.2) is 12.3 Å². The summed E-state index contributed by atoms with van der Waals surface area (Å²) in [5.74, 6) is -1.36. The summed E-state index contributed by atoms with van der Waals surface area (Å²) >= 11 is 5.59. The standard InChI is InChI=1S/C9H9ClFNO3/c1-14-2-3-15-9(13)7-4-6(11)5-12-8(7)10/h4-5H,2-3H2,1H3. The molecule has 0 fully saturated rings. The summed E-state index contributed by atoms with van der Waals surface area (Å²) in [5.41, 5.74) is -0.0900. The lowest BCUT2D eigenvalue weighted by Crippen LogP contribution is -2.11. The summed E-state index contributed by atoms with van der Waals surface area (Å²) in [6, 6.07) is 0.977. The quantitative estimate of drug-likeness (QED) is 0.451. The van der Waals surface area contributed by atoms with Crippen molar-refractivity contribution in [2.24, 2.45) is 0 Å². The predicted octanol–water partition coefficient (Wildman–Crippen LogP) is 1.68. The molecule has 6 heteroatoms. The molecule has 0 spiro atoms. The molecule has 1 heterocycles. The summed E-state index contributed by atoms with van der Waals surface area (Å²) in [4.78, 5) is 14.8. The molecule has 0 bridgehead atoms. The van der Waals surface area contributed by atoms with Gasteiger partial charge in [-0.05, 0) is 6.07 Å². The molecule has 0 atom stereocenters. The normalized spacial score (nSPS) is 10.1. The molecule has 0 radical (unpaired) electrons. The van der Waals surface area contributed by atoms with E-state index in [-0.39, 0.29) is 23.9 Å². The van der Waals surface area contributed by atoms with Crippen molar-refractivity contribution in [1.82, 2.24) is 4.98 Å². The average Bonchev–Trinajstić information content (AvgIpc) is 2.22. The first kappa shape index (κ1) is 11.9. The number of carbonyl (C=O) groups excluding carboxylic acids is 1. The number of ether oxygens (including phenoxy) is 2. The van der Waals surface area contributed by atoms with E-state index in [9.17, 15) is 9.18 Å². The zero-order valence-corrected chi connectivity index (χ0v) is 8.75. The van der Waals surface area contributed by atoms with Crippen molar-refractivity contribution in [3.8, 4) is 0 Å². The molecule has 0 saturated carbocycles. The molecule has 0 unspecified atom stereocenters. The van der Waals surface area contributed by atoms with Crippen LogP contribution in [0.5, 0.6) is 0 Å². The van der Waals surface area contributed by atoms with E-state index in [0.29, 0.717) is 0 Å². The van der Waals surface area contributed by atoms with Crippen LogP contribution in [0.25, 0.3) is 0 Å². The lowest BCUT2D eigenvalue weighted by Gasteiger charge is -2.04. The second-order valence-corrected chi connectivity index (χ2v) is 2.98. The lowest BCUT2D eigenvalue weighted by molar-refractivity contribution is 0.0387. The number of esters is 1. The fourth-order valence-corrected chi connectivity index (χ4v) is 1.04. The summed E-state index contributed by atoms with van der Waals surface area (Å²) in [6.07, 6.45) is 0.925. The molecule has 0 amide bonds. The van der Waals surface area contributed by atoms with Crippen molar-refractivity contribution in [3.05, 3.63) is 28.8 Å². The Morgan fingerprint density at radius 1 is 1.60 bits per heavy atom. The molecular weight excluding hydrogens is 225 g/mol. The third kappa shape index (κ3) is 3.45. The molecule has 1 aromatic rings. The molecule has 82 valence electrons. The Balaban J connectivity index is 2.68. The number of halogens is 2. The van der Waals surface area contributed by atoms with Gasteiger partial charge in [-0.25, -0.2) is 14.2 Å². The van der Waals surface area contributed by atoms with Crippen LogP contribution in [0.1, 0.15) is 10.4 Å². The van der Waals surface area contributed by atoms with Crippen LogP contribution in [0.4, 0.5) is 4.39 Å². The van der Waals surface area contributed by atoms with Crippen molar-refractivity contribution in [2.75, 3.05) is 20.3 Å². The van der Waals surface area contributed by atoms with Gasteiger partial charge in [-0.15, -0.1) is 0 Å². The van der Waals surface area contributed by atoms with Gasteiger partial charge in [0, 0.05) is 7.11 Å². The number of carbonyl (C=O) groups is 1. The number of hydrogen-bond acceptors (Lipinski definition) is 4. The van der Waals surface area contributed by atoms with Crippen LogP contribution in [0.2, 0.25) is 5.15 Å². The Hall–Kier alpha value is -1.20. The van der Waals surface area contributed by atoms with Crippen molar-refractivity contribution in [3.63, 3.8) is 0 Å². The zero-order chi connectivity index (χ0) is 11.3. The minimum Gasteiger partial charge on any atom is -0.460 e. The molecule has 0 saturated heterocycles. The van der Waals surface area contributed by atoms with Crippen molar-refractivity contribution >= 4 is 17.6 Å².